The van der Waals surface area contributed by atoms with Gasteiger partial charge in [0.2, 0.25) is 0 Å². The van der Waals surface area contributed by atoms with E-state index >= 15 is 0 Å². The van der Waals surface area contributed by atoms with Gasteiger partial charge in [-0.05, 0) is 18.9 Å². The first-order valence-corrected chi connectivity index (χ1v) is 7.56. The minimum Gasteiger partial charge on any atom is -0.350 e. The molecule has 1 fully saturated rings. The van der Waals surface area contributed by atoms with Gasteiger partial charge in [0, 0.05) is 37.2 Å². The largest absolute Gasteiger partial charge is 0.350 e. The fraction of sp³-hybridized carbons (Fsp3) is 0.412. The van der Waals surface area contributed by atoms with Crippen LogP contribution in [0.1, 0.15) is 36.0 Å². The van der Waals surface area contributed by atoms with Crippen molar-refractivity contribution in [3.05, 3.63) is 36.0 Å². The van der Waals surface area contributed by atoms with E-state index in [1.807, 2.05) is 35.9 Å². The molecule has 2 heterocycles. The fourth-order valence-corrected chi connectivity index (χ4v) is 3.06. The molecule has 0 unspecified atom stereocenters. The van der Waals surface area contributed by atoms with E-state index in [1.54, 1.807) is 11.1 Å². The first kappa shape index (κ1) is 13.9. The molecule has 0 bridgehead atoms. The zero-order chi connectivity index (χ0) is 14.8. The Bertz CT molecular complexity index is 679. The number of carbonyl (C=O) groups is 2. The van der Waals surface area contributed by atoms with Crippen LogP contribution < -0.4 is 0 Å². The third-order valence-corrected chi connectivity index (χ3v) is 4.23. The minimum atomic E-state index is -0.381. The molecule has 1 aliphatic heterocycles. The summed E-state index contributed by atoms with van der Waals surface area (Å²) in [5.74, 6) is -0.734. The predicted molar refractivity (Wildman–Crippen MR) is 82.3 cm³/mol. The van der Waals surface area contributed by atoms with E-state index in [1.165, 1.54) is 0 Å². The van der Waals surface area contributed by atoms with E-state index in [4.69, 9.17) is 0 Å². The number of likely N-dealkylation sites (tertiary alicyclic amines) is 1. The highest BCUT2D eigenvalue weighted by Crippen LogP contribution is 2.22. The quantitative estimate of drug-likeness (QED) is 0.628. The fourth-order valence-electron chi connectivity index (χ4n) is 3.06. The summed E-state index contributed by atoms with van der Waals surface area (Å²) in [5, 5.41) is 0.855. The molecule has 110 valence electrons. The molecule has 0 atom stereocenters. The van der Waals surface area contributed by atoms with Gasteiger partial charge in [-0.3, -0.25) is 9.59 Å². The van der Waals surface area contributed by atoms with Crippen molar-refractivity contribution in [1.82, 2.24) is 9.47 Å². The summed E-state index contributed by atoms with van der Waals surface area (Å²) in [6.07, 6.45) is 6.05. The molecular weight excluding hydrogens is 264 g/mol. The highest BCUT2D eigenvalue weighted by Gasteiger charge is 2.26. The van der Waals surface area contributed by atoms with Crippen molar-refractivity contribution in [1.29, 1.82) is 0 Å². The number of benzene rings is 1. The average Bonchev–Trinajstić information content (AvgIpc) is 2.70. The second kappa shape index (κ2) is 5.72. The van der Waals surface area contributed by atoms with Gasteiger partial charge >= 0.3 is 0 Å². The number of rotatable bonds is 2. The van der Waals surface area contributed by atoms with Crippen LogP contribution in [0.4, 0.5) is 0 Å². The van der Waals surface area contributed by atoms with E-state index in [0.717, 1.165) is 36.6 Å². The van der Waals surface area contributed by atoms with Crippen molar-refractivity contribution in [3.63, 3.8) is 0 Å². The van der Waals surface area contributed by atoms with Crippen molar-refractivity contribution in [2.24, 2.45) is 7.05 Å². The number of amides is 1. The van der Waals surface area contributed by atoms with Gasteiger partial charge < -0.3 is 9.47 Å². The average molecular weight is 284 g/mol. The number of ketones is 1. The van der Waals surface area contributed by atoms with Crippen molar-refractivity contribution in [2.45, 2.75) is 25.7 Å². The second-order valence-electron chi connectivity index (χ2n) is 5.71. The van der Waals surface area contributed by atoms with Crippen LogP contribution in [-0.4, -0.2) is 34.2 Å². The third kappa shape index (κ3) is 2.58. The lowest BCUT2D eigenvalue weighted by Crippen LogP contribution is -2.37. The summed E-state index contributed by atoms with van der Waals surface area (Å²) in [6.45, 7) is 1.41. The number of para-hydroxylation sites is 1. The molecule has 0 saturated carbocycles. The van der Waals surface area contributed by atoms with Gasteiger partial charge in [0.1, 0.15) is 0 Å². The lowest BCUT2D eigenvalue weighted by atomic mass is 10.1. The van der Waals surface area contributed by atoms with Crippen molar-refractivity contribution >= 4 is 22.6 Å². The Morgan fingerprint density at radius 1 is 1.00 bits per heavy atom. The summed E-state index contributed by atoms with van der Waals surface area (Å²) in [6, 6.07) is 7.70. The van der Waals surface area contributed by atoms with Crippen LogP contribution in [0.15, 0.2) is 30.5 Å². The molecule has 1 aromatic carbocycles. The SMILES string of the molecule is Cn1cc(C(=O)C(=O)N2CCCCCC2)c2ccccc21. The first-order chi connectivity index (χ1) is 10.2. The monoisotopic (exact) mass is 284 g/mol. The van der Waals surface area contributed by atoms with Gasteiger partial charge in [-0.25, -0.2) is 0 Å². The van der Waals surface area contributed by atoms with Gasteiger partial charge in [-0.15, -0.1) is 0 Å². The first-order valence-electron chi connectivity index (χ1n) is 7.56. The molecule has 0 aliphatic carbocycles. The number of hydrogen-bond donors (Lipinski definition) is 0. The number of aryl methyl sites for hydroxylation is 1. The Labute approximate surface area is 124 Å². The summed E-state index contributed by atoms with van der Waals surface area (Å²) in [7, 11) is 1.90. The number of fused-ring (bicyclic) bond motifs is 1. The zero-order valence-corrected chi connectivity index (χ0v) is 12.3. The molecule has 1 saturated heterocycles. The normalized spacial score (nSPS) is 16.0. The number of hydrogen-bond acceptors (Lipinski definition) is 2. The number of Topliss-reactive ketones (excluding diaryl/α,β-unsaturated/α-hetero) is 1. The van der Waals surface area contributed by atoms with Crippen LogP contribution in [0, 0.1) is 0 Å². The van der Waals surface area contributed by atoms with Crippen molar-refractivity contribution < 1.29 is 9.59 Å². The van der Waals surface area contributed by atoms with Gasteiger partial charge in [-0.2, -0.15) is 0 Å². The zero-order valence-electron chi connectivity index (χ0n) is 12.3. The third-order valence-electron chi connectivity index (χ3n) is 4.23. The van der Waals surface area contributed by atoms with E-state index < -0.39 is 0 Å². The Balaban J connectivity index is 1.91. The molecule has 4 heteroatoms. The van der Waals surface area contributed by atoms with Crippen LogP contribution in [0.25, 0.3) is 10.9 Å². The molecule has 0 N–H and O–H groups in total. The Morgan fingerprint density at radius 2 is 1.67 bits per heavy atom. The van der Waals surface area contributed by atoms with Crippen molar-refractivity contribution in [3.8, 4) is 0 Å². The summed E-state index contributed by atoms with van der Waals surface area (Å²) in [5.41, 5.74) is 1.49. The molecule has 1 aliphatic rings. The highest BCUT2D eigenvalue weighted by atomic mass is 16.2. The van der Waals surface area contributed by atoms with Gasteiger partial charge in [0.15, 0.2) is 0 Å². The van der Waals surface area contributed by atoms with Crippen LogP contribution in [0.5, 0.6) is 0 Å². The lowest BCUT2D eigenvalue weighted by molar-refractivity contribution is -0.126. The van der Waals surface area contributed by atoms with Gasteiger partial charge in [0.05, 0.1) is 5.56 Å². The maximum atomic E-state index is 12.6. The minimum absolute atomic E-state index is 0.353. The number of aromatic nitrogens is 1. The lowest BCUT2D eigenvalue weighted by Gasteiger charge is -2.18. The maximum Gasteiger partial charge on any atom is 0.295 e. The Morgan fingerprint density at radius 3 is 2.38 bits per heavy atom. The molecular formula is C17H20N2O2. The molecule has 2 aromatic rings. The van der Waals surface area contributed by atoms with Gasteiger partial charge in [-0.1, -0.05) is 31.0 Å². The van der Waals surface area contributed by atoms with Crippen LogP contribution in [-0.2, 0) is 11.8 Å². The molecule has 0 radical (unpaired) electrons. The number of carbonyl (C=O) groups excluding carboxylic acids is 2. The Hall–Kier alpha value is -2.10. The number of nitrogens with zero attached hydrogens (tertiary/aromatic N) is 2. The van der Waals surface area contributed by atoms with Crippen molar-refractivity contribution in [2.75, 3.05) is 13.1 Å². The van der Waals surface area contributed by atoms with E-state index in [2.05, 4.69) is 0 Å². The Kier molecular flexibility index (Phi) is 3.78. The van der Waals surface area contributed by atoms with Crippen LogP contribution >= 0.6 is 0 Å². The predicted octanol–water partition coefficient (Wildman–Crippen LogP) is 2.76. The highest BCUT2D eigenvalue weighted by molar-refractivity contribution is 6.44. The van der Waals surface area contributed by atoms with E-state index in [9.17, 15) is 9.59 Å². The summed E-state index contributed by atoms with van der Waals surface area (Å²) >= 11 is 0. The smallest absolute Gasteiger partial charge is 0.295 e. The standard InChI is InChI=1S/C17H20N2O2/c1-18-12-14(13-8-4-5-9-15(13)18)16(20)17(21)19-10-6-2-3-7-11-19/h4-5,8-9,12H,2-3,6-7,10-11H2,1H3. The van der Waals surface area contributed by atoms with E-state index in [0.29, 0.717) is 18.7 Å². The van der Waals surface area contributed by atoms with Gasteiger partial charge in [0.25, 0.3) is 11.7 Å². The summed E-state index contributed by atoms with van der Waals surface area (Å²) < 4.78 is 1.90. The second-order valence-corrected chi connectivity index (χ2v) is 5.71. The molecule has 21 heavy (non-hydrogen) atoms. The summed E-state index contributed by atoms with van der Waals surface area (Å²) in [4.78, 5) is 26.8. The van der Waals surface area contributed by atoms with Crippen LogP contribution in [0.2, 0.25) is 0 Å². The molecule has 4 nitrogen and oxygen atoms in total. The molecule has 1 aromatic heterocycles. The van der Waals surface area contributed by atoms with Crippen LogP contribution in [0.3, 0.4) is 0 Å². The molecule has 3 rings (SSSR count). The molecule has 0 spiro atoms. The maximum absolute atomic E-state index is 12.6. The van der Waals surface area contributed by atoms with E-state index in [-0.39, 0.29) is 11.7 Å². The topological polar surface area (TPSA) is 42.3 Å². The molecule has 1 amide bonds.